The van der Waals surface area contributed by atoms with Gasteiger partial charge in [-0.2, -0.15) is 0 Å². The number of aliphatic carboxylic acids is 2. The molecule has 0 spiro atoms. The van der Waals surface area contributed by atoms with E-state index >= 15 is 0 Å². The minimum atomic E-state index is -0.832. The largest absolute Gasteiger partial charge is 0.481 e. The molecular formula is C42H80O4. The number of hydrogen-bond acceptors (Lipinski definition) is 2. The van der Waals surface area contributed by atoms with Gasteiger partial charge in [0.25, 0.3) is 0 Å². The van der Waals surface area contributed by atoms with Crippen molar-refractivity contribution in [3.05, 3.63) is 12.2 Å². The Morgan fingerprint density at radius 1 is 0.304 bits per heavy atom. The average Bonchev–Trinajstić information content (AvgIpc) is 3.03. The van der Waals surface area contributed by atoms with Crippen molar-refractivity contribution in [3.8, 4) is 0 Å². The number of rotatable bonds is 40. The molecule has 0 radical (unpaired) electrons. The van der Waals surface area contributed by atoms with Crippen LogP contribution in [-0.2, 0) is 9.59 Å². The molecule has 4 nitrogen and oxygen atoms in total. The highest BCUT2D eigenvalue weighted by Gasteiger charge is 1.99. The SMILES string of the molecule is O=C(O)C=CCCCCCCCCCCCCCCCCCCCCCCCCCCCCCCCCCCCCCCC(=O)O. The van der Waals surface area contributed by atoms with Gasteiger partial charge < -0.3 is 10.2 Å². The number of carboxylic acid groups (broad SMARTS) is 2. The van der Waals surface area contributed by atoms with Gasteiger partial charge in [0.1, 0.15) is 0 Å². The lowest BCUT2D eigenvalue weighted by molar-refractivity contribution is -0.137. The van der Waals surface area contributed by atoms with Crippen LogP contribution in [0.2, 0.25) is 0 Å². The van der Waals surface area contributed by atoms with Gasteiger partial charge in [0.2, 0.25) is 0 Å². The zero-order chi connectivity index (χ0) is 33.4. The maximum Gasteiger partial charge on any atom is 0.327 e. The maximum atomic E-state index is 10.5. The van der Waals surface area contributed by atoms with Crippen LogP contribution in [0, 0.1) is 0 Å². The third-order valence-corrected chi connectivity index (χ3v) is 9.77. The molecule has 0 fully saturated rings. The fraction of sp³-hybridized carbons (Fsp3) is 0.905. The van der Waals surface area contributed by atoms with E-state index in [1.807, 2.05) is 0 Å². The Morgan fingerprint density at radius 3 is 0.696 bits per heavy atom. The summed E-state index contributed by atoms with van der Waals surface area (Å²) < 4.78 is 0. The molecule has 0 unspecified atom stereocenters. The van der Waals surface area contributed by atoms with Crippen molar-refractivity contribution < 1.29 is 19.8 Å². The Kier molecular flexibility index (Phi) is 38.7. The highest BCUT2D eigenvalue weighted by Crippen LogP contribution is 2.17. The second-order valence-electron chi connectivity index (χ2n) is 14.4. The molecule has 0 bridgehead atoms. The molecule has 0 aromatic carbocycles. The Hall–Kier alpha value is -1.32. The minimum Gasteiger partial charge on any atom is -0.481 e. The fourth-order valence-electron chi connectivity index (χ4n) is 6.73. The molecule has 272 valence electrons. The molecular weight excluding hydrogens is 568 g/mol. The van der Waals surface area contributed by atoms with Crippen LogP contribution in [0.25, 0.3) is 0 Å². The number of carbonyl (C=O) groups is 2. The van der Waals surface area contributed by atoms with Gasteiger partial charge in [-0.15, -0.1) is 0 Å². The van der Waals surface area contributed by atoms with Gasteiger partial charge in [-0.1, -0.05) is 224 Å². The normalized spacial score (nSPS) is 11.6. The van der Waals surface area contributed by atoms with Crippen LogP contribution in [0.1, 0.15) is 244 Å². The van der Waals surface area contributed by atoms with E-state index in [9.17, 15) is 9.59 Å². The van der Waals surface area contributed by atoms with Gasteiger partial charge in [0, 0.05) is 12.5 Å². The molecule has 0 heterocycles. The van der Waals surface area contributed by atoms with Gasteiger partial charge in [0.15, 0.2) is 0 Å². The fourth-order valence-corrected chi connectivity index (χ4v) is 6.73. The molecule has 4 heteroatoms. The van der Waals surface area contributed by atoms with Gasteiger partial charge in [0.05, 0.1) is 0 Å². The molecule has 0 amide bonds. The first-order valence-electron chi connectivity index (χ1n) is 20.7. The van der Waals surface area contributed by atoms with E-state index in [1.165, 1.54) is 218 Å². The first-order chi connectivity index (χ1) is 22.6. The molecule has 0 aliphatic carbocycles. The lowest BCUT2D eigenvalue weighted by Gasteiger charge is -2.05. The summed E-state index contributed by atoms with van der Waals surface area (Å²) in [6.07, 6.45) is 53.7. The van der Waals surface area contributed by atoms with E-state index in [0.29, 0.717) is 6.42 Å². The van der Waals surface area contributed by atoms with Crippen LogP contribution in [-0.4, -0.2) is 22.2 Å². The smallest absolute Gasteiger partial charge is 0.327 e. The first-order valence-corrected chi connectivity index (χ1v) is 20.7. The van der Waals surface area contributed by atoms with Crippen molar-refractivity contribution in [3.63, 3.8) is 0 Å². The molecule has 0 rings (SSSR count). The Labute approximate surface area is 287 Å². The molecule has 0 saturated carbocycles. The van der Waals surface area contributed by atoms with Crippen molar-refractivity contribution in [1.82, 2.24) is 0 Å². The predicted octanol–water partition coefficient (Wildman–Crippen LogP) is 14.5. The lowest BCUT2D eigenvalue weighted by atomic mass is 10.0. The summed E-state index contributed by atoms with van der Waals surface area (Å²) in [6.45, 7) is 0. The summed E-state index contributed by atoms with van der Waals surface area (Å²) in [6, 6.07) is 0. The van der Waals surface area contributed by atoms with E-state index in [0.717, 1.165) is 25.7 Å². The summed E-state index contributed by atoms with van der Waals surface area (Å²) in [4.78, 5) is 20.9. The first kappa shape index (κ1) is 44.7. The van der Waals surface area contributed by atoms with Gasteiger partial charge in [-0.05, 0) is 19.3 Å². The van der Waals surface area contributed by atoms with E-state index in [1.54, 1.807) is 6.08 Å². The lowest BCUT2D eigenvalue weighted by Crippen LogP contribution is -1.93. The number of carboxylic acids is 2. The average molecular weight is 649 g/mol. The van der Waals surface area contributed by atoms with E-state index < -0.39 is 11.9 Å². The molecule has 0 saturated heterocycles. The molecule has 0 aromatic rings. The van der Waals surface area contributed by atoms with Gasteiger partial charge >= 0.3 is 11.9 Å². The number of allylic oxidation sites excluding steroid dienone is 1. The molecule has 0 aromatic heterocycles. The summed E-state index contributed by atoms with van der Waals surface area (Å²) in [5.74, 6) is -1.48. The molecule has 0 atom stereocenters. The van der Waals surface area contributed by atoms with Crippen molar-refractivity contribution in [2.24, 2.45) is 0 Å². The minimum absolute atomic E-state index is 0.341. The molecule has 0 aliphatic rings. The standard InChI is InChI=1S/C42H80O4/c43-41(44)39-37-35-33-31-29-27-25-23-21-19-17-15-13-11-9-7-5-3-1-2-4-6-8-10-12-14-16-18-20-22-24-26-28-30-32-34-36-38-40-42(45)46/h37,39H,1-36,38,40H2,(H,43,44)(H,45,46). The third-order valence-electron chi connectivity index (χ3n) is 9.77. The summed E-state index contributed by atoms with van der Waals surface area (Å²) in [7, 11) is 0. The molecule has 46 heavy (non-hydrogen) atoms. The Bertz CT molecular complexity index is 644. The van der Waals surface area contributed by atoms with E-state index in [-0.39, 0.29) is 0 Å². The predicted molar refractivity (Wildman–Crippen MR) is 200 cm³/mol. The van der Waals surface area contributed by atoms with Crippen LogP contribution in [0.5, 0.6) is 0 Å². The molecule has 0 aliphatic heterocycles. The van der Waals surface area contributed by atoms with Gasteiger partial charge in [-0.25, -0.2) is 4.79 Å². The molecule has 2 N–H and O–H groups in total. The number of unbranched alkanes of at least 4 members (excludes halogenated alkanes) is 36. The van der Waals surface area contributed by atoms with E-state index in [4.69, 9.17) is 10.2 Å². The second kappa shape index (κ2) is 39.9. The van der Waals surface area contributed by atoms with Crippen molar-refractivity contribution in [2.45, 2.75) is 244 Å². The van der Waals surface area contributed by atoms with Crippen LogP contribution < -0.4 is 0 Å². The Morgan fingerprint density at radius 2 is 0.500 bits per heavy atom. The Balaban J connectivity index is 3.06. The van der Waals surface area contributed by atoms with Crippen molar-refractivity contribution in [2.75, 3.05) is 0 Å². The van der Waals surface area contributed by atoms with Crippen LogP contribution in [0.15, 0.2) is 12.2 Å². The maximum absolute atomic E-state index is 10.5. The van der Waals surface area contributed by atoms with Crippen molar-refractivity contribution >= 4 is 11.9 Å². The van der Waals surface area contributed by atoms with E-state index in [2.05, 4.69) is 0 Å². The zero-order valence-electron chi connectivity index (χ0n) is 30.7. The monoisotopic (exact) mass is 649 g/mol. The quantitative estimate of drug-likeness (QED) is 0.0512. The van der Waals surface area contributed by atoms with Crippen LogP contribution in [0.4, 0.5) is 0 Å². The zero-order valence-corrected chi connectivity index (χ0v) is 30.7. The third kappa shape index (κ3) is 42.7. The summed E-state index contributed by atoms with van der Waals surface area (Å²) in [5.41, 5.74) is 0. The number of hydrogen-bond donors (Lipinski definition) is 2. The topological polar surface area (TPSA) is 74.6 Å². The van der Waals surface area contributed by atoms with Gasteiger partial charge in [-0.3, -0.25) is 4.79 Å². The van der Waals surface area contributed by atoms with Crippen LogP contribution >= 0.6 is 0 Å². The van der Waals surface area contributed by atoms with Crippen molar-refractivity contribution in [1.29, 1.82) is 0 Å². The summed E-state index contributed by atoms with van der Waals surface area (Å²) >= 11 is 0. The summed E-state index contributed by atoms with van der Waals surface area (Å²) in [5, 5.41) is 17.2. The highest BCUT2D eigenvalue weighted by molar-refractivity contribution is 5.79. The van der Waals surface area contributed by atoms with Crippen LogP contribution in [0.3, 0.4) is 0 Å². The highest BCUT2D eigenvalue weighted by atomic mass is 16.4. The second-order valence-corrected chi connectivity index (χ2v) is 14.4.